The van der Waals surface area contributed by atoms with Gasteiger partial charge in [0.25, 0.3) is 0 Å². The molecule has 168 valence electrons. The number of hydrogen-bond acceptors (Lipinski definition) is 5. The largest absolute Gasteiger partial charge is 1.00 e. The van der Waals surface area contributed by atoms with Crippen molar-refractivity contribution in [1.82, 2.24) is 4.98 Å². The number of halogens is 1. The molecule has 2 aromatic carbocycles. The quantitative estimate of drug-likeness (QED) is 0.388. The molecule has 2 aromatic heterocycles. The van der Waals surface area contributed by atoms with Crippen LogP contribution in [-0.2, 0) is 19.4 Å². The Morgan fingerprint density at radius 2 is 1.85 bits per heavy atom. The summed E-state index contributed by atoms with van der Waals surface area (Å²) in [5.74, 6) is 3.10. The van der Waals surface area contributed by atoms with Crippen LogP contribution in [0.1, 0.15) is 16.8 Å². The van der Waals surface area contributed by atoms with Crippen LogP contribution in [0.4, 0.5) is 0 Å². The number of nitrogens with zero attached hydrogens (tertiary/aromatic N) is 2. The van der Waals surface area contributed by atoms with Gasteiger partial charge in [0.2, 0.25) is 12.5 Å². The lowest BCUT2D eigenvalue weighted by molar-refractivity contribution is -0.686. The van der Waals surface area contributed by atoms with E-state index < -0.39 is 0 Å². The number of methoxy groups -OCH3 is 2. The van der Waals surface area contributed by atoms with Gasteiger partial charge in [0.15, 0.2) is 35.7 Å². The first-order valence-corrected chi connectivity index (χ1v) is 10.7. The number of hydrogen-bond donors (Lipinski definition) is 0. The summed E-state index contributed by atoms with van der Waals surface area (Å²) in [5, 5.41) is 2.16. The molecule has 4 heterocycles. The number of benzene rings is 2. The zero-order valence-corrected chi connectivity index (χ0v) is 20.0. The summed E-state index contributed by atoms with van der Waals surface area (Å²) in [6.07, 6.45) is 5.65. The van der Waals surface area contributed by atoms with Gasteiger partial charge in [-0.25, -0.2) is 0 Å². The minimum Gasteiger partial charge on any atom is -1.00 e. The third-order valence-electron chi connectivity index (χ3n) is 6.33. The summed E-state index contributed by atoms with van der Waals surface area (Å²) in [4.78, 5) is 4.61. The first-order chi connectivity index (χ1) is 15.8. The normalized spacial score (nSPS) is 13.2. The lowest BCUT2D eigenvalue weighted by Crippen LogP contribution is -3.00. The van der Waals surface area contributed by atoms with Crippen LogP contribution in [0.5, 0.6) is 23.0 Å². The molecule has 4 aromatic rings. The molecule has 0 atom stereocenters. The molecule has 0 saturated heterocycles. The molecule has 0 fully saturated rings. The summed E-state index contributed by atoms with van der Waals surface area (Å²) in [6.45, 7) is 1.14. The summed E-state index contributed by atoms with van der Waals surface area (Å²) < 4.78 is 25.0. The minimum atomic E-state index is 0. The third kappa shape index (κ3) is 3.47. The molecule has 2 aliphatic heterocycles. The van der Waals surface area contributed by atoms with E-state index in [1.54, 1.807) is 14.2 Å². The molecule has 0 aliphatic carbocycles. The van der Waals surface area contributed by atoms with E-state index in [0.717, 1.165) is 52.4 Å². The third-order valence-corrected chi connectivity index (χ3v) is 6.33. The molecule has 6 rings (SSSR count). The number of pyridine rings is 2. The second-order valence-electron chi connectivity index (χ2n) is 8.02. The van der Waals surface area contributed by atoms with Crippen LogP contribution in [0.3, 0.4) is 0 Å². The molecule has 0 radical (unpaired) electrons. The van der Waals surface area contributed by atoms with Crippen LogP contribution < -0.4 is 40.5 Å². The fourth-order valence-corrected chi connectivity index (χ4v) is 4.87. The highest BCUT2D eigenvalue weighted by atomic mass is 79.9. The van der Waals surface area contributed by atoms with E-state index in [1.807, 2.05) is 24.4 Å². The smallest absolute Gasteiger partial charge is 0.231 e. The van der Waals surface area contributed by atoms with Crippen LogP contribution >= 0.6 is 0 Å². The molecular formula is C26H23BrN2O4. The highest BCUT2D eigenvalue weighted by molar-refractivity contribution is 5.95. The number of ether oxygens (including phenoxy) is 4. The predicted molar refractivity (Wildman–Crippen MR) is 120 cm³/mol. The van der Waals surface area contributed by atoms with Crippen molar-refractivity contribution in [2.24, 2.45) is 0 Å². The van der Waals surface area contributed by atoms with E-state index in [0.29, 0.717) is 6.42 Å². The summed E-state index contributed by atoms with van der Waals surface area (Å²) >= 11 is 0. The van der Waals surface area contributed by atoms with Gasteiger partial charge in [-0.15, -0.1) is 0 Å². The van der Waals surface area contributed by atoms with Gasteiger partial charge in [-0.3, -0.25) is 4.98 Å². The van der Waals surface area contributed by atoms with Crippen LogP contribution in [0, 0.1) is 0 Å². The second kappa shape index (κ2) is 8.56. The van der Waals surface area contributed by atoms with Crippen LogP contribution in [0.25, 0.3) is 22.0 Å². The maximum Gasteiger partial charge on any atom is 0.231 e. The fraction of sp³-hybridized carbons (Fsp3) is 0.231. The van der Waals surface area contributed by atoms with E-state index in [9.17, 15) is 0 Å². The molecule has 0 saturated carbocycles. The fourth-order valence-electron chi connectivity index (χ4n) is 4.87. The maximum absolute atomic E-state index is 5.79. The molecule has 0 bridgehead atoms. The molecule has 2 aliphatic rings. The Bertz CT molecular complexity index is 1360. The molecule has 7 heteroatoms. The molecular weight excluding hydrogens is 484 g/mol. The topological polar surface area (TPSA) is 53.7 Å². The van der Waals surface area contributed by atoms with E-state index in [2.05, 4.69) is 40.0 Å². The van der Waals surface area contributed by atoms with Crippen LogP contribution in [-0.4, -0.2) is 26.0 Å². The van der Waals surface area contributed by atoms with E-state index in [1.165, 1.54) is 22.4 Å². The van der Waals surface area contributed by atoms with E-state index >= 15 is 0 Å². The van der Waals surface area contributed by atoms with Crippen molar-refractivity contribution in [3.8, 4) is 34.3 Å². The van der Waals surface area contributed by atoms with Crippen LogP contribution in [0.15, 0.2) is 54.9 Å². The molecule has 0 amide bonds. The summed E-state index contributed by atoms with van der Waals surface area (Å²) in [5.41, 5.74) is 5.88. The number of aromatic nitrogens is 2. The monoisotopic (exact) mass is 506 g/mol. The highest BCUT2D eigenvalue weighted by Gasteiger charge is 2.32. The second-order valence-corrected chi connectivity index (χ2v) is 8.02. The minimum absolute atomic E-state index is 0. The van der Waals surface area contributed by atoms with Crippen molar-refractivity contribution >= 4 is 10.8 Å². The Morgan fingerprint density at radius 1 is 1.00 bits per heavy atom. The van der Waals surface area contributed by atoms with E-state index in [4.69, 9.17) is 18.9 Å². The molecule has 6 nitrogen and oxygen atoms in total. The Hall–Kier alpha value is -3.32. The van der Waals surface area contributed by atoms with Crippen molar-refractivity contribution < 1.29 is 40.5 Å². The molecule has 33 heavy (non-hydrogen) atoms. The molecule has 0 N–H and O–H groups in total. The van der Waals surface area contributed by atoms with Gasteiger partial charge < -0.3 is 35.9 Å². The number of fused-ring (bicyclic) bond motifs is 5. The molecule has 0 unspecified atom stereocenters. The molecule has 0 spiro atoms. The Labute approximate surface area is 202 Å². The zero-order chi connectivity index (χ0) is 21.7. The SMILES string of the molecule is COc1ccc2c(Cc3ccccn3)c3[n+](cc2c1OC)CCc1cc2c(cc1-3)OCO2.[Br-]. The lowest BCUT2D eigenvalue weighted by Gasteiger charge is -2.21. The zero-order valence-electron chi connectivity index (χ0n) is 18.4. The first-order valence-electron chi connectivity index (χ1n) is 10.7. The van der Waals surface area contributed by atoms with Crippen molar-refractivity contribution in [1.29, 1.82) is 0 Å². The van der Waals surface area contributed by atoms with Gasteiger partial charge in [0, 0.05) is 35.7 Å². The standard InChI is InChI=1S/C26H23N2O4.BrH/c1-29-22-7-6-18-20(12-17-5-3-4-9-27-17)25-19-13-24-23(31-15-32-24)11-16(19)8-10-28(25)14-21(18)26(22)30-2;/h3-7,9,11,13-14H,8,10,12,15H2,1-2H3;1H/q+1;/p-1. The van der Waals surface area contributed by atoms with Gasteiger partial charge in [-0.2, -0.15) is 4.57 Å². The van der Waals surface area contributed by atoms with Crippen molar-refractivity contribution in [3.63, 3.8) is 0 Å². The Morgan fingerprint density at radius 3 is 2.61 bits per heavy atom. The van der Waals surface area contributed by atoms with Gasteiger partial charge in [0.1, 0.15) is 0 Å². The van der Waals surface area contributed by atoms with Gasteiger partial charge in [0.05, 0.1) is 25.2 Å². The Kier molecular flexibility index (Phi) is 5.58. The van der Waals surface area contributed by atoms with Gasteiger partial charge in [-0.05, 0) is 42.0 Å². The van der Waals surface area contributed by atoms with Gasteiger partial charge in [-0.1, -0.05) is 6.07 Å². The maximum atomic E-state index is 5.79. The predicted octanol–water partition coefficient (Wildman–Crippen LogP) is 1.09. The lowest BCUT2D eigenvalue weighted by atomic mass is 9.89. The number of aryl methyl sites for hydroxylation is 2. The van der Waals surface area contributed by atoms with Crippen molar-refractivity contribution in [2.45, 2.75) is 19.4 Å². The average Bonchev–Trinajstić information content (AvgIpc) is 3.29. The number of rotatable bonds is 4. The van der Waals surface area contributed by atoms with Crippen LogP contribution in [0.2, 0.25) is 0 Å². The summed E-state index contributed by atoms with van der Waals surface area (Å²) in [6, 6.07) is 14.4. The first kappa shape index (κ1) is 21.5. The highest BCUT2D eigenvalue weighted by Crippen LogP contribution is 2.43. The average molecular weight is 507 g/mol. The van der Waals surface area contributed by atoms with Gasteiger partial charge >= 0.3 is 0 Å². The van der Waals surface area contributed by atoms with E-state index in [-0.39, 0.29) is 23.8 Å². The summed E-state index contributed by atoms with van der Waals surface area (Å²) in [7, 11) is 3.36. The van der Waals surface area contributed by atoms with Crippen molar-refractivity contribution in [2.75, 3.05) is 21.0 Å². The van der Waals surface area contributed by atoms with Crippen molar-refractivity contribution in [3.05, 3.63) is 71.7 Å². The Balaban J connectivity index is 0.00000228.